The highest BCUT2D eigenvalue weighted by molar-refractivity contribution is 4.98. The predicted molar refractivity (Wildman–Crippen MR) is 75.6 cm³/mol. The molecule has 0 saturated carbocycles. The van der Waals surface area contributed by atoms with Crippen LogP contribution >= 0.6 is 0 Å². The average Bonchev–Trinajstić information content (AvgIpc) is 2.00. The molecule has 0 nitrogen and oxygen atoms in total. The summed E-state index contributed by atoms with van der Waals surface area (Å²) in [5, 5.41) is 0. The van der Waals surface area contributed by atoms with E-state index in [1.807, 2.05) is 0 Å². The first-order valence-corrected chi connectivity index (χ1v) is 6.91. The fourth-order valence-corrected chi connectivity index (χ4v) is 4.03. The Morgan fingerprint density at radius 3 is 1.25 bits per heavy atom. The summed E-state index contributed by atoms with van der Waals surface area (Å²) in [5.41, 5.74) is 1.17. The summed E-state index contributed by atoms with van der Waals surface area (Å²) in [6.07, 6.45) is 1.27. The van der Waals surface area contributed by atoms with Gasteiger partial charge in [0, 0.05) is 0 Å². The lowest BCUT2D eigenvalue weighted by Gasteiger charge is -2.56. The van der Waals surface area contributed by atoms with E-state index in [2.05, 4.69) is 69.2 Å². The standard InChI is InChI=1S/C16H34/c1-11-16(12(2)3,15(8,9)10)13(4)14(5,6)7/h12-13H,11H2,1-10H3. The lowest BCUT2D eigenvalue weighted by atomic mass is 9.49. The summed E-state index contributed by atoms with van der Waals surface area (Å²) in [6.45, 7) is 24.0. The molecule has 2 atom stereocenters. The molecule has 16 heavy (non-hydrogen) atoms. The second kappa shape index (κ2) is 4.70. The Morgan fingerprint density at radius 2 is 1.19 bits per heavy atom. The fourth-order valence-electron chi connectivity index (χ4n) is 4.03. The van der Waals surface area contributed by atoms with E-state index in [0.717, 1.165) is 11.8 Å². The van der Waals surface area contributed by atoms with Gasteiger partial charge in [0.05, 0.1) is 0 Å². The molecule has 0 heterocycles. The van der Waals surface area contributed by atoms with Gasteiger partial charge in [-0.1, -0.05) is 69.2 Å². The fraction of sp³-hybridized carbons (Fsp3) is 1.00. The molecule has 0 aliphatic heterocycles. The van der Waals surface area contributed by atoms with Crippen LogP contribution in [-0.4, -0.2) is 0 Å². The molecule has 0 aromatic rings. The van der Waals surface area contributed by atoms with Crippen molar-refractivity contribution in [3.8, 4) is 0 Å². The first-order chi connectivity index (χ1) is 6.91. The van der Waals surface area contributed by atoms with Gasteiger partial charge in [0.1, 0.15) is 0 Å². The summed E-state index contributed by atoms with van der Waals surface area (Å²) < 4.78 is 0. The summed E-state index contributed by atoms with van der Waals surface area (Å²) in [5.74, 6) is 1.46. The van der Waals surface area contributed by atoms with E-state index < -0.39 is 0 Å². The van der Waals surface area contributed by atoms with Crippen molar-refractivity contribution in [3.63, 3.8) is 0 Å². The van der Waals surface area contributed by atoms with Gasteiger partial charge in [-0.15, -0.1) is 0 Å². The van der Waals surface area contributed by atoms with Crippen LogP contribution in [0.15, 0.2) is 0 Å². The van der Waals surface area contributed by atoms with Crippen molar-refractivity contribution < 1.29 is 0 Å². The smallest absolute Gasteiger partial charge is 0.0198 e. The van der Waals surface area contributed by atoms with Gasteiger partial charge >= 0.3 is 0 Å². The van der Waals surface area contributed by atoms with Crippen LogP contribution in [-0.2, 0) is 0 Å². The zero-order valence-electron chi connectivity index (χ0n) is 13.4. The van der Waals surface area contributed by atoms with E-state index >= 15 is 0 Å². The Morgan fingerprint density at radius 1 is 0.812 bits per heavy atom. The van der Waals surface area contributed by atoms with Crippen molar-refractivity contribution in [1.82, 2.24) is 0 Å². The number of hydrogen-bond acceptors (Lipinski definition) is 0. The molecule has 0 aliphatic rings. The third-order valence-electron chi connectivity index (χ3n) is 5.08. The number of rotatable bonds is 3. The van der Waals surface area contributed by atoms with Crippen LogP contribution in [0.1, 0.15) is 75.7 Å². The van der Waals surface area contributed by atoms with Crippen molar-refractivity contribution in [2.75, 3.05) is 0 Å². The Kier molecular flexibility index (Phi) is 4.70. The van der Waals surface area contributed by atoms with E-state index in [1.54, 1.807) is 0 Å². The largest absolute Gasteiger partial charge is 0.0648 e. The first kappa shape index (κ1) is 16.0. The SMILES string of the molecule is CCC(C(C)C)(C(C)C(C)(C)C)C(C)(C)C. The quantitative estimate of drug-likeness (QED) is 0.573. The molecule has 2 unspecified atom stereocenters. The summed E-state index contributed by atoms with van der Waals surface area (Å²) >= 11 is 0. The highest BCUT2D eigenvalue weighted by Gasteiger charge is 2.50. The molecule has 0 radical (unpaired) electrons. The summed E-state index contributed by atoms with van der Waals surface area (Å²) in [6, 6.07) is 0. The molecule has 0 fully saturated rings. The number of hydrogen-bond donors (Lipinski definition) is 0. The molecular formula is C16H34. The lowest BCUT2D eigenvalue weighted by Crippen LogP contribution is -2.49. The zero-order chi connectivity index (χ0) is 13.4. The second-order valence-electron chi connectivity index (χ2n) is 7.89. The van der Waals surface area contributed by atoms with Gasteiger partial charge in [-0.25, -0.2) is 0 Å². The molecule has 0 heteroatoms. The molecule has 0 spiro atoms. The third-order valence-corrected chi connectivity index (χ3v) is 5.08. The Hall–Kier alpha value is 0. The Bertz CT molecular complexity index is 211. The minimum atomic E-state index is 0.364. The maximum atomic E-state index is 2.45. The molecule has 0 amide bonds. The van der Waals surface area contributed by atoms with Crippen LogP contribution in [0, 0.1) is 28.1 Å². The molecule has 0 saturated heterocycles. The minimum absolute atomic E-state index is 0.364. The zero-order valence-corrected chi connectivity index (χ0v) is 13.4. The van der Waals surface area contributed by atoms with Crippen molar-refractivity contribution in [2.45, 2.75) is 75.7 Å². The van der Waals surface area contributed by atoms with E-state index in [-0.39, 0.29) is 0 Å². The van der Waals surface area contributed by atoms with Crippen LogP contribution in [0.4, 0.5) is 0 Å². The van der Waals surface area contributed by atoms with Crippen LogP contribution in [0.3, 0.4) is 0 Å². The maximum Gasteiger partial charge on any atom is -0.0198 e. The molecule has 0 N–H and O–H groups in total. The summed E-state index contributed by atoms with van der Waals surface area (Å²) in [7, 11) is 0. The van der Waals surface area contributed by atoms with E-state index in [4.69, 9.17) is 0 Å². The van der Waals surface area contributed by atoms with Gasteiger partial charge in [0.2, 0.25) is 0 Å². The van der Waals surface area contributed by atoms with E-state index in [1.165, 1.54) is 6.42 Å². The van der Waals surface area contributed by atoms with Crippen molar-refractivity contribution >= 4 is 0 Å². The first-order valence-electron chi connectivity index (χ1n) is 6.91. The van der Waals surface area contributed by atoms with Gasteiger partial charge in [0.25, 0.3) is 0 Å². The average molecular weight is 226 g/mol. The van der Waals surface area contributed by atoms with Crippen LogP contribution in [0.5, 0.6) is 0 Å². The molecular weight excluding hydrogens is 192 g/mol. The highest BCUT2D eigenvalue weighted by Crippen LogP contribution is 2.57. The molecule has 0 aromatic heterocycles. The van der Waals surface area contributed by atoms with Gasteiger partial charge in [-0.2, -0.15) is 0 Å². The topological polar surface area (TPSA) is 0 Å². The van der Waals surface area contributed by atoms with Crippen LogP contribution in [0.25, 0.3) is 0 Å². The van der Waals surface area contributed by atoms with Gasteiger partial charge in [-0.05, 0) is 34.5 Å². The molecule has 98 valence electrons. The Balaban J connectivity index is 5.57. The third kappa shape index (κ3) is 2.63. The van der Waals surface area contributed by atoms with Crippen LogP contribution in [0.2, 0.25) is 0 Å². The normalized spacial score (nSPS) is 19.7. The highest BCUT2D eigenvalue weighted by atomic mass is 14.5. The van der Waals surface area contributed by atoms with Crippen molar-refractivity contribution in [3.05, 3.63) is 0 Å². The molecule has 0 aromatic carbocycles. The summed E-state index contributed by atoms with van der Waals surface area (Å²) in [4.78, 5) is 0. The minimum Gasteiger partial charge on any atom is -0.0648 e. The lowest BCUT2D eigenvalue weighted by molar-refractivity contribution is -0.0724. The van der Waals surface area contributed by atoms with Gasteiger partial charge < -0.3 is 0 Å². The van der Waals surface area contributed by atoms with Crippen LogP contribution < -0.4 is 0 Å². The van der Waals surface area contributed by atoms with Crippen molar-refractivity contribution in [2.24, 2.45) is 28.1 Å². The van der Waals surface area contributed by atoms with Gasteiger partial charge in [-0.3, -0.25) is 0 Å². The molecule has 0 aliphatic carbocycles. The van der Waals surface area contributed by atoms with E-state index in [9.17, 15) is 0 Å². The van der Waals surface area contributed by atoms with E-state index in [0.29, 0.717) is 16.2 Å². The maximum absolute atomic E-state index is 2.45. The monoisotopic (exact) mass is 226 g/mol. The van der Waals surface area contributed by atoms with Gasteiger partial charge in [0.15, 0.2) is 0 Å². The van der Waals surface area contributed by atoms with Crippen molar-refractivity contribution in [1.29, 1.82) is 0 Å². The molecule has 0 rings (SSSR count). The predicted octanol–water partition coefficient (Wildman–Crippen LogP) is 5.77. The Labute approximate surface area is 104 Å². The second-order valence-corrected chi connectivity index (χ2v) is 7.89. The molecule has 0 bridgehead atoms.